The van der Waals surface area contributed by atoms with Crippen LogP contribution in [-0.2, 0) is 11.3 Å². The first kappa shape index (κ1) is 16.5. The number of aryl methyl sites for hydroxylation is 1. The average molecular weight is 341 g/mol. The van der Waals surface area contributed by atoms with Gasteiger partial charge in [-0.1, -0.05) is 43.0 Å². The molecule has 6 heteroatoms. The summed E-state index contributed by atoms with van der Waals surface area (Å²) in [6, 6.07) is 11.7. The Morgan fingerprint density at radius 1 is 1.29 bits per heavy atom. The maximum Gasteiger partial charge on any atom is 0.242 e. The molecular weight excluding hydrogens is 322 g/mol. The van der Waals surface area contributed by atoms with Crippen LogP contribution >= 0.6 is 11.8 Å². The van der Waals surface area contributed by atoms with E-state index in [-0.39, 0.29) is 11.2 Å². The second kappa shape index (κ2) is 7.49. The number of thioether (sulfide) groups is 1. The lowest BCUT2D eigenvalue weighted by atomic mass is 10.1. The molecule has 1 aromatic carbocycles. The lowest BCUT2D eigenvalue weighted by Crippen LogP contribution is -2.31. The Hall–Kier alpha value is -2.34. The van der Waals surface area contributed by atoms with Gasteiger partial charge in [-0.15, -0.1) is 5.10 Å². The Bertz CT molecular complexity index is 768. The summed E-state index contributed by atoms with van der Waals surface area (Å²) in [4.78, 5) is 14.3. The van der Waals surface area contributed by atoms with E-state index in [1.54, 1.807) is 29.5 Å². The Labute approximate surface area is 145 Å². The van der Waals surface area contributed by atoms with E-state index in [2.05, 4.69) is 10.2 Å². The molecule has 24 heavy (non-hydrogen) atoms. The largest absolute Gasteiger partial charge is 0.463 e. The number of carbonyl (C=O) groups excluding carboxylic acids is 1. The highest BCUT2D eigenvalue weighted by Crippen LogP contribution is 2.31. The SMILES string of the molecule is CC[C@@H]1S/C(=N/N=C\c2ccco2)N(Cc2ccccc2C)C1=O. The van der Waals surface area contributed by atoms with Gasteiger partial charge in [0.2, 0.25) is 5.91 Å². The summed E-state index contributed by atoms with van der Waals surface area (Å²) in [6.07, 6.45) is 3.90. The zero-order chi connectivity index (χ0) is 16.9. The lowest BCUT2D eigenvalue weighted by Gasteiger charge is -2.17. The maximum absolute atomic E-state index is 12.6. The molecule has 2 heterocycles. The predicted octanol–water partition coefficient (Wildman–Crippen LogP) is 3.83. The van der Waals surface area contributed by atoms with Gasteiger partial charge in [0.1, 0.15) is 5.76 Å². The number of hydrogen-bond donors (Lipinski definition) is 0. The van der Waals surface area contributed by atoms with Crippen LogP contribution in [0.4, 0.5) is 0 Å². The summed E-state index contributed by atoms with van der Waals surface area (Å²) in [5.74, 6) is 0.726. The number of carbonyl (C=O) groups is 1. The van der Waals surface area contributed by atoms with Gasteiger partial charge in [0.25, 0.3) is 0 Å². The van der Waals surface area contributed by atoms with Crippen molar-refractivity contribution >= 4 is 29.1 Å². The smallest absolute Gasteiger partial charge is 0.242 e. The number of benzene rings is 1. The van der Waals surface area contributed by atoms with E-state index < -0.39 is 0 Å². The number of nitrogens with zero attached hydrogens (tertiary/aromatic N) is 3. The van der Waals surface area contributed by atoms with Crippen LogP contribution in [0.2, 0.25) is 0 Å². The molecule has 1 aliphatic rings. The molecule has 5 nitrogen and oxygen atoms in total. The molecule has 0 radical (unpaired) electrons. The summed E-state index contributed by atoms with van der Waals surface area (Å²) in [7, 11) is 0. The second-order valence-electron chi connectivity index (χ2n) is 5.51. The Balaban J connectivity index is 1.82. The molecule has 0 unspecified atom stereocenters. The topological polar surface area (TPSA) is 58.2 Å². The molecule has 0 bridgehead atoms. The molecule has 2 aromatic rings. The molecule has 1 saturated heterocycles. The van der Waals surface area contributed by atoms with Crippen LogP contribution in [0, 0.1) is 6.92 Å². The van der Waals surface area contributed by atoms with Gasteiger partial charge in [-0.05, 0) is 36.6 Å². The number of amides is 1. The summed E-state index contributed by atoms with van der Waals surface area (Å²) < 4.78 is 5.19. The Morgan fingerprint density at radius 2 is 2.12 bits per heavy atom. The first-order valence-corrected chi connectivity index (χ1v) is 8.74. The average Bonchev–Trinajstić information content (AvgIpc) is 3.19. The van der Waals surface area contributed by atoms with Crippen molar-refractivity contribution in [3.63, 3.8) is 0 Å². The van der Waals surface area contributed by atoms with E-state index in [1.807, 2.05) is 38.1 Å². The minimum atomic E-state index is -0.0911. The van der Waals surface area contributed by atoms with Crippen LogP contribution in [0.25, 0.3) is 0 Å². The fourth-order valence-electron chi connectivity index (χ4n) is 2.45. The van der Waals surface area contributed by atoms with Crippen molar-refractivity contribution in [1.82, 2.24) is 4.90 Å². The standard InChI is InChI=1S/C18H19N3O2S/c1-3-16-17(22)21(12-14-8-5-4-7-13(14)2)18(24-16)20-19-11-15-9-6-10-23-15/h4-11,16H,3,12H2,1-2H3/b19-11-,20-18+/t16-/m0/s1. The van der Waals surface area contributed by atoms with Crippen LogP contribution in [0.15, 0.2) is 57.3 Å². The minimum absolute atomic E-state index is 0.0911. The first-order valence-electron chi connectivity index (χ1n) is 7.86. The monoisotopic (exact) mass is 341 g/mol. The van der Waals surface area contributed by atoms with Gasteiger partial charge in [-0.2, -0.15) is 5.10 Å². The molecule has 1 aliphatic heterocycles. The highest BCUT2D eigenvalue weighted by atomic mass is 32.2. The Kier molecular flexibility index (Phi) is 5.15. The van der Waals surface area contributed by atoms with Crippen molar-refractivity contribution in [3.8, 4) is 0 Å². The second-order valence-corrected chi connectivity index (χ2v) is 6.68. The molecule has 124 valence electrons. The Morgan fingerprint density at radius 3 is 2.83 bits per heavy atom. The van der Waals surface area contributed by atoms with Gasteiger partial charge >= 0.3 is 0 Å². The van der Waals surface area contributed by atoms with Crippen LogP contribution in [0.3, 0.4) is 0 Å². The van der Waals surface area contributed by atoms with E-state index in [9.17, 15) is 4.79 Å². The lowest BCUT2D eigenvalue weighted by molar-refractivity contribution is -0.126. The maximum atomic E-state index is 12.6. The molecule has 1 aromatic heterocycles. The quantitative estimate of drug-likeness (QED) is 0.613. The third-order valence-corrected chi connectivity index (χ3v) is 5.18. The van der Waals surface area contributed by atoms with Gasteiger partial charge in [-0.3, -0.25) is 9.69 Å². The first-order chi connectivity index (χ1) is 11.7. The van der Waals surface area contributed by atoms with Gasteiger partial charge < -0.3 is 4.42 Å². The molecule has 1 fully saturated rings. The molecule has 0 saturated carbocycles. The van der Waals surface area contributed by atoms with Gasteiger partial charge in [0.15, 0.2) is 5.17 Å². The normalized spacial score (nSPS) is 19.8. The van der Waals surface area contributed by atoms with Crippen molar-refractivity contribution in [3.05, 3.63) is 59.5 Å². The molecular formula is C18H19N3O2S. The number of amidine groups is 1. The van der Waals surface area contributed by atoms with E-state index in [0.717, 1.165) is 17.5 Å². The number of hydrogen-bond acceptors (Lipinski definition) is 5. The van der Waals surface area contributed by atoms with E-state index in [0.29, 0.717) is 17.5 Å². The third kappa shape index (κ3) is 3.59. The van der Waals surface area contributed by atoms with Gasteiger partial charge in [-0.25, -0.2) is 0 Å². The molecule has 0 spiro atoms. The van der Waals surface area contributed by atoms with E-state index in [1.165, 1.54) is 11.8 Å². The van der Waals surface area contributed by atoms with Crippen LogP contribution < -0.4 is 0 Å². The molecule has 0 N–H and O–H groups in total. The van der Waals surface area contributed by atoms with E-state index in [4.69, 9.17) is 4.42 Å². The molecule has 0 aliphatic carbocycles. The van der Waals surface area contributed by atoms with Crippen molar-refractivity contribution in [2.45, 2.75) is 32.1 Å². The summed E-state index contributed by atoms with van der Waals surface area (Å²) in [5.41, 5.74) is 2.28. The van der Waals surface area contributed by atoms with Crippen LogP contribution in [0.1, 0.15) is 30.2 Å². The van der Waals surface area contributed by atoms with Crippen molar-refractivity contribution in [2.75, 3.05) is 0 Å². The summed E-state index contributed by atoms with van der Waals surface area (Å²) >= 11 is 1.47. The highest BCUT2D eigenvalue weighted by Gasteiger charge is 2.37. The van der Waals surface area contributed by atoms with Gasteiger partial charge in [0.05, 0.1) is 24.3 Å². The fraction of sp³-hybridized carbons (Fsp3) is 0.278. The number of rotatable bonds is 5. The van der Waals surface area contributed by atoms with Crippen molar-refractivity contribution in [1.29, 1.82) is 0 Å². The molecule has 3 rings (SSSR count). The molecule has 1 amide bonds. The van der Waals surface area contributed by atoms with Crippen molar-refractivity contribution < 1.29 is 9.21 Å². The van der Waals surface area contributed by atoms with Gasteiger partial charge in [0, 0.05) is 0 Å². The zero-order valence-electron chi connectivity index (χ0n) is 13.7. The van der Waals surface area contributed by atoms with Crippen LogP contribution in [-0.4, -0.2) is 27.4 Å². The summed E-state index contributed by atoms with van der Waals surface area (Å²) in [5, 5.41) is 8.86. The third-order valence-electron chi connectivity index (χ3n) is 3.85. The van der Waals surface area contributed by atoms with Crippen LogP contribution in [0.5, 0.6) is 0 Å². The predicted molar refractivity (Wildman–Crippen MR) is 97.1 cm³/mol. The van der Waals surface area contributed by atoms with Crippen molar-refractivity contribution in [2.24, 2.45) is 10.2 Å². The fourth-order valence-corrected chi connectivity index (χ4v) is 3.47. The summed E-state index contributed by atoms with van der Waals surface area (Å²) in [6.45, 7) is 4.58. The van der Waals surface area contributed by atoms with E-state index >= 15 is 0 Å². The zero-order valence-corrected chi connectivity index (χ0v) is 14.5. The molecule has 1 atom stereocenters. The minimum Gasteiger partial charge on any atom is -0.463 e. The highest BCUT2D eigenvalue weighted by molar-refractivity contribution is 8.15. The number of furan rings is 1.